The van der Waals surface area contributed by atoms with Crippen LogP contribution in [-0.2, 0) is 0 Å². The van der Waals surface area contributed by atoms with Gasteiger partial charge in [0.05, 0.1) is 5.52 Å². The van der Waals surface area contributed by atoms with E-state index in [4.69, 9.17) is 5.11 Å². The SMILES string of the molecule is O=C(O)c1c2ccccc2nn1C(F)C(F)F. The van der Waals surface area contributed by atoms with Crippen LogP contribution in [0, 0.1) is 0 Å². The molecule has 0 amide bonds. The first kappa shape index (κ1) is 11.4. The van der Waals surface area contributed by atoms with E-state index in [1.54, 1.807) is 6.07 Å². The second kappa shape index (κ2) is 4.08. The first-order chi connectivity index (χ1) is 8.02. The number of carboxylic acid groups (broad SMARTS) is 1. The van der Waals surface area contributed by atoms with Crippen molar-refractivity contribution in [2.24, 2.45) is 0 Å². The summed E-state index contributed by atoms with van der Waals surface area (Å²) in [5.41, 5.74) is -0.415. The zero-order chi connectivity index (χ0) is 12.6. The Bertz CT molecular complexity index is 568. The molecule has 1 N–H and O–H groups in total. The van der Waals surface area contributed by atoms with Crippen LogP contribution in [0.4, 0.5) is 13.2 Å². The van der Waals surface area contributed by atoms with Gasteiger partial charge in [-0.3, -0.25) is 0 Å². The van der Waals surface area contributed by atoms with Crippen LogP contribution in [0.25, 0.3) is 10.9 Å². The molecule has 17 heavy (non-hydrogen) atoms. The van der Waals surface area contributed by atoms with Gasteiger partial charge in [0.2, 0.25) is 0 Å². The number of benzene rings is 1. The fourth-order valence-electron chi connectivity index (χ4n) is 1.55. The molecule has 2 aromatic rings. The van der Waals surface area contributed by atoms with Gasteiger partial charge in [-0.15, -0.1) is 0 Å². The maximum Gasteiger partial charge on any atom is 0.354 e. The van der Waals surface area contributed by atoms with Gasteiger partial charge in [-0.1, -0.05) is 18.2 Å². The normalized spacial score (nSPS) is 13.2. The largest absolute Gasteiger partial charge is 0.477 e. The van der Waals surface area contributed by atoms with Crippen molar-refractivity contribution in [2.45, 2.75) is 12.7 Å². The number of carbonyl (C=O) groups is 1. The molecule has 0 saturated carbocycles. The summed E-state index contributed by atoms with van der Waals surface area (Å²) in [6, 6.07) is 5.90. The second-order valence-corrected chi connectivity index (χ2v) is 3.32. The molecule has 0 bridgehead atoms. The maximum absolute atomic E-state index is 13.2. The molecule has 2 rings (SSSR count). The van der Waals surface area contributed by atoms with E-state index < -0.39 is 24.4 Å². The van der Waals surface area contributed by atoms with Crippen molar-refractivity contribution < 1.29 is 23.1 Å². The van der Waals surface area contributed by atoms with Crippen molar-refractivity contribution in [2.75, 3.05) is 0 Å². The molecule has 0 fully saturated rings. The van der Waals surface area contributed by atoms with Gasteiger partial charge >= 0.3 is 5.97 Å². The average Bonchev–Trinajstić information content (AvgIpc) is 2.66. The highest BCUT2D eigenvalue weighted by atomic mass is 19.3. The Hall–Kier alpha value is -2.05. The third-order valence-corrected chi connectivity index (χ3v) is 2.25. The molecule has 90 valence electrons. The van der Waals surface area contributed by atoms with Crippen LogP contribution in [0.3, 0.4) is 0 Å². The van der Waals surface area contributed by atoms with Crippen molar-refractivity contribution in [3.8, 4) is 0 Å². The van der Waals surface area contributed by atoms with E-state index >= 15 is 0 Å². The van der Waals surface area contributed by atoms with Crippen molar-refractivity contribution in [1.82, 2.24) is 9.78 Å². The lowest BCUT2D eigenvalue weighted by Crippen LogP contribution is -2.18. The number of rotatable bonds is 3. The molecule has 1 heterocycles. The quantitative estimate of drug-likeness (QED) is 0.902. The van der Waals surface area contributed by atoms with E-state index in [9.17, 15) is 18.0 Å². The van der Waals surface area contributed by atoms with Crippen LogP contribution in [0.2, 0.25) is 0 Å². The zero-order valence-electron chi connectivity index (χ0n) is 8.35. The minimum Gasteiger partial charge on any atom is -0.477 e. The number of hydrogen-bond acceptors (Lipinski definition) is 2. The van der Waals surface area contributed by atoms with E-state index in [-0.39, 0.29) is 15.6 Å². The van der Waals surface area contributed by atoms with E-state index in [1.807, 2.05) is 0 Å². The Balaban J connectivity index is 2.70. The fourth-order valence-corrected chi connectivity index (χ4v) is 1.55. The van der Waals surface area contributed by atoms with E-state index in [1.165, 1.54) is 18.2 Å². The number of hydrogen-bond donors (Lipinski definition) is 1. The molecule has 0 aliphatic heterocycles. The van der Waals surface area contributed by atoms with Crippen LogP contribution < -0.4 is 0 Å². The molecule has 0 saturated heterocycles. The molecule has 1 aromatic heterocycles. The Kier molecular flexibility index (Phi) is 2.74. The lowest BCUT2D eigenvalue weighted by molar-refractivity contribution is -0.00119. The Labute approximate surface area is 93.3 Å². The molecule has 4 nitrogen and oxygen atoms in total. The van der Waals surface area contributed by atoms with Gasteiger partial charge in [-0.05, 0) is 6.07 Å². The first-order valence-electron chi connectivity index (χ1n) is 4.65. The summed E-state index contributed by atoms with van der Waals surface area (Å²) in [6.07, 6.45) is -6.10. The minimum absolute atomic E-state index is 0.128. The number of fused-ring (bicyclic) bond motifs is 1. The van der Waals surface area contributed by atoms with Gasteiger partial charge in [0.1, 0.15) is 0 Å². The summed E-state index contributed by atoms with van der Waals surface area (Å²) < 4.78 is 37.9. The number of carboxylic acids is 1. The second-order valence-electron chi connectivity index (χ2n) is 3.32. The summed E-state index contributed by atoms with van der Waals surface area (Å²) >= 11 is 0. The average molecular weight is 244 g/mol. The van der Waals surface area contributed by atoms with Crippen LogP contribution in [0.5, 0.6) is 0 Å². The highest BCUT2D eigenvalue weighted by Gasteiger charge is 2.28. The van der Waals surface area contributed by atoms with Crippen molar-refractivity contribution in [1.29, 1.82) is 0 Å². The Morgan fingerprint density at radius 3 is 2.53 bits per heavy atom. The van der Waals surface area contributed by atoms with Gasteiger partial charge < -0.3 is 5.11 Å². The molecular formula is C10H7F3N2O2. The van der Waals surface area contributed by atoms with E-state index in [0.29, 0.717) is 0 Å². The van der Waals surface area contributed by atoms with E-state index in [2.05, 4.69) is 5.10 Å². The smallest absolute Gasteiger partial charge is 0.354 e. The highest BCUT2D eigenvalue weighted by molar-refractivity contribution is 6.01. The molecule has 1 unspecified atom stereocenters. The standard InChI is InChI=1S/C10H7F3N2O2/c11-8(12)9(13)15-7(10(16)17)5-3-1-2-4-6(5)14-15/h1-4,8-9H,(H,16,17). The molecule has 0 radical (unpaired) electrons. The summed E-state index contributed by atoms with van der Waals surface area (Å²) in [6.45, 7) is 0. The van der Waals surface area contributed by atoms with Gasteiger partial charge in [0.25, 0.3) is 12.7 Å². The number of halogens is 3. The van der Waals surface area contributed by atoms with Crippen molar-refractivity contribution >= 4 is 16.9 Å². The molecule has 0 aliphatic carbocycles. The topological polar surface area (TPSA) is 55.1 Å². The zero-order valence-corrected chi connectivity index (χ0v) is 8.35. The monoisotopic (exact) mass is 244 g/mol. The summed E-state index contributed by atoms with van der Waals surface area (Å²) in [5.74, 6) is -1.50. The molecule has 1 atom stereocenters. The van der Waals surface area contributed by atoms with Crippen LogP contribution >= 0.6 is 0 Å². The van der Waals surface area contributed by atoms with Crippen molar-refractivity contribution in [3.05, 3.63) is 30.0 Å². The number of nitrogens with zero attached hydrogens (tertiary/aromatic N) is 2. The Morgan fingerprint density at radius 1 is 1.29 bits per heavy atom. The van der Waals surface area contributed by atoms with Crippen molar-refractivity contribution in [3.63, 3.8) is 0 Å². The van der Waals surface area contributed by atoms with E-state index in [0.717, 1.165) is 0 Å². The molecule has 0 spiro atoms. The summed E-state index contributed by atoms with van der Waals surface area (Å²) in [4.78, 5) is 11.0. The third kappa shape index (κ3) is 1.83. The van der Waals surface area contributed by atoms with Gasteiger partial charge in [0.15, 0.2) is 5.69 Å². The van der Waals surface area contributed by atoms with Gasteiger partial charge in [-0.2, -0.15) is 5.10 Å². The number of aromatic carboxylic acids is 1. The summed E-state index contributed by atoms with van der Waals surface area (Å²) in [7, 11) is 0. The molecule has 1 aromatic carbocycles. The van der Waals surface area contributed by atoms with Gasteiger partial charge in [0, 0.05) is 5.39 Å². The predicted molar refractivity (Wildman–Crippen MR) is 52.8 cm³/mol. The predicted octanol–water partition coefficient (Wildman–Crippen LogP) is 2.47. The van der Waals surface area contributed by atoms with Crippen LogP contribution in [-0.4, -0.2) is 27.3 Å². The number of alkyl halides is 3. The van der Waals surface area contributed by atoms with Crippen LogP contribution in [0.1, 0.15) is 16.8 Å². The lowest BCUT2D eigenvalue weighted by Gasteiger charge is -2.08. The maximum atomic E-state index is 13.2. The molecular weight excluding hydrogens is 237 g/mol. The fraction of sp³-hybridized carbons (Fsp3) is 0.200. The minimum atomic E-state index is -3.33. The highest BCUT2D eigenvalue weighted by Crippen LogP contribution is 2.25. The lowest BCUT2D eigenvalue weighted by atomic mass is 10.2. The molecule has 7 heteroatoms. The van der Waals surface area contributed by atoms with Gasteiger partial charge in [-0.25, -0.2) is 22.6 Å². The van der Waals surface area contributed by atoms with Crippen LogP contribution in [0.15, 0.2) is 24.3 Å². The number of aromatic nitrogens is 2. The molecule has 0 aliphatic rings. The first-order valence-corrected chi connectivity index (χ1v) is 4.65. The third-order valence-electron chi connectivity index (χ3n) is 2.25. The summed E-state index contributed by atoms with van der Waals surface area (Å²) in [5, 5.41) is 12.6. The Morgan fingerprint density at radius 2 is 1.94 bits per heavy atom.